The van der Waals surface area contributed by atoms with Crippen LogP contribution in [0.25, 0.3) is 0 Å². The molecule has 1 saturated heterocycles. The third kappa shape index (κ3) is 4.62. The van der Waals surface area contributed by atoms with Crippen molar-refractivity contribution >= 4 is 11.6 Å². The molecule has 1 aliphatic heterocycles. The summed E-state index contributed by atoms with van der Waals surface area (Å²) in [6, 6.07) is 11.4. The van der Waals surface area contributed by atoms with Gasteiger partial charge in [-0.05, 0) is 62.8 Å². The minimum Gasteiger partial charge on any atom is -0.489 e. The van der Waals surface area contributed by atoms with Gasteiger partial charge in [0.05, 0.1) is 6.61 Å². The number of rotatable bonds is 5. The number of ether oxygens (including phenoxy) is 2. The van der Waals surface area contributed by atoms with Crippen molar-refractivity contribution in [2.24, 2.45) is 5.92 Å². The first kappa shape index (κ1) is 17.1. The van der Waals surface area contributed by atoms with Crippen LogP contribution in [0.5, 0.6) is 17.2 Å². The lowest BCUT2D eigenvalue weighted by Gasteiger charge is -2.29. The minimum atomic E-state index is -0.339. The van der Waals surface area contributed by atoms with E-state index in [2.05, 4.69) is 11.9 Å². The highest BCUT2D eigenvalue weighted by molar-refractivity contribution is 6.30. The summed E-state index contributed by atoms with van der Waals surface area (Å²) in [4.78, 5) is 2.30. The molecule has 1 atom stereocenters. The van der Waals surface area contributed by atoms with Gasteiger partial charge in [0, 0.05) is 23.6 Å². The maximum atomic E-state index is 13.6. The van der Waals surface area contributed by atoms with Crippen LogP contribution >= 0.6 is 11.6 Å². The molecule has 0 aromatic heterocycles. The van der Waals surface area contributed by atoms with E-state index in [0.29, 0.717) is 34.8 Å². The van der Waals surface area contributed by atoms with Gasteiger partial charge < -0.3 is 14.4 Å². The average molecular weight is 350 g/mol. The molecule has 1 heterocycles. The molecule has 128 valence electrons. The van der Waals surface area contributed by atoms with Gasteiger partial charge in [0.1, 0.15) is 11.6 Å². The average Bonchev–Trinajstić information content (AvgIpc) is 2.57. The van der Waals surface area contributed by atoms with E-state index >= 15 is 0 Å². The molecule has 0 bridgehead atoms. The Morgan fingerprint density at radius 3 is 2.71 bits per heavy atom. The lowest BCUT2D eigenvalue weighted by Crippen LogP contribution is -2.34. The molecule has 0 N–H and O–H groups in total. The van der Waals surface area contributed by atoms with Gasteiger partial charge in [-0.25, -0.2) is 4.39 Å². The lowest BCUT2D eigenvalue weighted by molar-refractivity contribution is 0.148. The van der Waals surface area contributed by atoms with Gasteiger partial charge in [0.15, 0.2) is 11.5 Å². The molecule has 5 heteroatoms. The number of piperidine rings is 1. The molecule has 2 aromatic rings. The Labute approximate surface area is 146 Å². The van der Waals surface area contributed by atoms with Crippen molar-refractivity contribution in [1.29, 1.82) is 0 Å². The third-order valence-corrected chi connectivity index (χ3v) is 4.40. The van der Waals surface area contributed by atoms with E-state index in [0.717, 1.165) is 19.5 Å². The zero-order valence-electron chi connectivity index (χ0n) is 13.7. The monoisotopic (exact) mass is 349 g/mol. The number of hydrogen-bond acceptors (Lipinski definition) is 3. The molecule has 0 saturated carbocycles. The molecule has 3 nitrogen and oxygen atoms in total. The highest BCUT2D eigenvalue weighted by Gasteiger charge is 2.19. The Bertz CT molecular complexity index is 678. The molecule has 0 radical (unpaired) electrons. The normalized spacial score (nSPS) is 18.4. The summed E-state index contributed by atoms with van der Waals surface area (Å²) < 4.78 is 25.3. The quantitative estimate of drug-likeness (QED) is 0.758. The smallest absolute Gasteiger partial charge is 0.169 e. The van der Waals surface area contributed by atoms with Gasteiger partial charge in [-0.3, -0.25) is 0 Å². The maximum Gasteiger partial charge on any atom is 0.169 e. The van der Waals surface area contributed by atoms with Gasteiger partial charge in [0.2, 0.25) is 0 Å². The SMILES string of the molecule is CN1CCCC(COc2cc(F)ccc2Oc2ccc(Cl)cc2)C1. The Morgan fingerprint density at radius 1 is 1.17 bits per heavy atom. The molecule has 0 amide bonds. The molecule has 1 fully saturated rings. The second-order valence-electron chi connectivity index (χ2n) is 6.23. The third-order valence-electron chi connectivity index (χ3n) is 4.14. The van der Waals surface area contributed by atoms with E-state index in [1.165, 1.54) is 18.6 Å². The van der Waals surface area contributed by atoms with Gasteiger partial charge in [-0.2, -0.15) is 0 Å². The standard InChI is InChI=1S/C19H21ClFNO2/c1-22-10-2-3-14(12-22)13-23-19-11-16(21)6-9-18(19)24-17-7-4-15(20)5-8-17/h4-9,11,14H,2-3,10,12-13H2,1H3. The zero-order valence-corrected chi connectivity index (χ0v) is 14.4. The van der Waals surface area contributed by atoms with Crippen LogP contribution in [0.4, 0.5) is 4.39 Å². The minimum absolute atomic E-state index is 0.339. The van der Waals surface area contributed by atoms with Crippen LogP contribution < -0.4 is 9.47 Å². The number of nitrogens with zero attached hydrogens (tertiary/aromatic N) is 1. The predicted octanol–water partition coefficient (Wildman–Crippen LogP) is 4.99. The first-order chi connectivity index (χ1) is 11.6. The molecule has 3 rings (SSSR count). The van der Waals surface area contributed by atoms with Crippen molar-refractivity contribution in [1.82, 2.24) is 4.90 Å². The van der Waals surface area contributed by atoms with E-state index in [-0.39, 0.29) is 5.82 Å². The van der Waals surface area contributed by atoms with Crippen LogP contribution in [0.2, 0.25) is 5.02 Å². The van der Waals surface area contributed by atoms with Crippen molar-refractivity contribution in [3.63, 3.8) is 0 Å². The summed E-state index contributed by atoms with van der Waals surface area (Å²) in [5.74, 6) is 1.68. The summed E-state index contributed by atoms with van der Waals surface area (Å²) >= 11 is 5.88. The van der Waals surface area contributed by atoms with Crippen molar-refractivity contribution in [3.8, 4) is 17.2 Å². The Hall–Kier alpha value is -1.78. The van der Waals surface area contributed by atoms with Gasteiger partial charge >= 0.3 is 0 Å². The van der Waals surface area contributed by atoms with Crippen LogP contribution in [0, 0.1) is 11.7 Å². The largest absolute Gasteiger partial charge is 0.489 e. The predicted molar refractivity (Wildman–Crippen MR) is 93.6 cm³/mol. The lowest BCUT2D eigenvalue weighted by atomic mass is 10.00. The molecular weight excluding hydrogens is 329 g/mol. The van der Waals surface area contributed by atoms with Crippen molar-refractivity contribution in [2.75, 3.05) is 26.7 Å². The fourth-order valence-electron chi connectivity index (χ4n) is 2.93. The van der Waals surface area contributed by atoms with Crippen molar-refractivity contribution in [2.45, 2.75) is 12.8 Å². The molecule has 2 aromatic carbocycles. The molecule has 0 aliphatic carbocycles. The summed E-state index contributed by atoms with van der Waals surface area (Å²) in [7, 11) is 2.11. The Morgan fingerprint density at radius 2 is 1.96 bits per heavy atom. The van der Waals surface area contributed by atoms with Gasteiger partial charge in [0.25, 0.3) is 0 Å². The van der Waals surface area contributed by atoms with Crippen LogP contribution in [0.15, 0.2) is 42.5 Å². The van der Waals surface area contributed by atoms with Crippen LogP contribution in [0.1, 0.15) is 12.8 Å². The molecule has 1 aliphatic rings. The maximum absolute atomic E-state index is 13.6. The highest BCUT2D eigenvalue weighted by Crippen LogP contribution is 2.33. The second-order valence-corrected chi connectivity index (χ2v) is 6.66. The Balaban J connectivity index is 1.69. The first-order valence-electron chi connectivity index (χ1n) is 8.14. The van der Waals surface area contributed by atoms with E-state index in [1.807, 2.05) is 0 Å². The van der Waals surface area contributed by atoms with Crippen LogP contribution in [-0.4, -0.2) is 31.6 Å². The first-order valence-corrected chi connectivity index (χ1v) is 8.52. The van der Waals surface area contributed by atoms with Crippen molar-refractivity contribution in [3.05, 3.63) is 53.3 Å². The fourth-order valence-corrected chi connectivity index (χ4v) is 3.05. The zero-order chi connectivity index (χ0) is 16.9. The van der Waals surface area contributed by atoms with E-state index in [9.17, 15) is 4.39 Å². The molecule has 0 spiro atoms. The second kappa shape index (κ2) is 7.86. The van der Waals surface area contributed by atoms with Gasteiger partial charge in [-0.15, -0.1) is 0 Å². The molecular formula is C19H21ClFNO2. The summed E-state index contributed by atoms with van der Waals surface area (Å²) in [5.41, 5.74) is 0. The number of likely N-dealkylation sites (tertiary alicyclic amines) is 1. The fraction of sp³-hybridized carbons (Fsp3) is 0.368. The number of hydrogen-bond donors (Lipinski definition) is 0. The van der Waals surface area contributed by atoms with Crippen molar-refractivity contribution < 1.29 is 13.9 Å². The summed E-state index contributed by atoms with van der Waals surface area (Å²) in [6.07, 6.45) is 2.30. The van der Waals surface area contributed by atoms with Gasteiger partial charge in [-0.1, -0.05) is 11.6 Å². The molecule has 1 unspecified atom stereocenters. The van der Waals surface area contributed by atoms with E-state index in [1.54, 1.807) is 30.3 Å². The van der Waals surface area contributed by atoms with E-state index in [4.69, 9.17) is 21.1 Å². The Kier molecular flexibility index (Phi) is 5.59. The summed E-state index contributed by atoms with van der Waals surface area (Å²) in [6.45, 7) is 2.69. The number of halogens is 2. The summed E-state index contributed by atoms with van der Waals surface area (Å²) in [5, 5.41) is 0.638. The van der Waals surface area contributed by atoms with Crippen LogP contribution in [0.3, 0.4) is 0 Å². The van der Waals surface area contributed by atoms with Crippen LogP contribution in [-0.2, 0) is 0 Å². The van der Waals surface area contributed by atoms with E-state index < -0.39 is 0 Å². The highest BCUT2D eigenvalue weighted by atomic mass is 35.5. The number of benzene rings is 2. The molecule has 24 heavy (non-hydrogen) atoms. The topological polar surface area (TPSA) is 21.7 Å².